The Kier molecular flexibility index (Phi) is 4.35. The first kappa shape index (κ1) is 13.4. The minimum absolute atomic E-state index is 0.0720. The van der Waals surface area contributed by atoms with Crippen molar-refractivity contribution in [1.29, 1.82) is 0 Å². The summed E-state index contributed by atoms with van der Waals surface area (Å²) >= 11 is 3.35. The molecule has 0 unspecified atom stereocenters. The number of hydrogen-bond acceptors (Lipinski definition) is 4. The van der Waals surface area contributed by atoms with Gasteiger partial charge in [-0.3, -0.25) is 4.98 Å². The average Bonchev–Trinajstić information content (AvgIpc) is 2.45. The van der Waals surface area contributed by atoms with Crippen molar-refractivity contribution in [3.05, 3.63) is 58.3 Å². The van der Waals surface area contributed by atoms with Crippen molar-refractivity contribution in [2.45, 2.75) is 6.61 Å². The van der Waals surface area contributed by atoms with E-state index in [4.69, 9.17) is 15.7 Å². The summed E-state index contributed by atoms with van der Waals surface area (Å²) in [6, 6.07) is 8.92. The molecule has 5 nitrogen and oxygen atoms in total. The molecule has 6 heteroatoms. The maximum absolute atomic E-state index is 8.56. The highest BCUT2D eigenvalue weighted by Gasteiger charge is 2.01. The van der Waals surface area contributed by atoms with Gasteiger partial charge >= 0.3 is 0 Å². The minimum Gasteiger partial charge on any atom is -0.489 e. The molecule has 0 amide bonds. The number of aromatic nitrogens is 1. The first-order valence-corrected chi connectivity index (χ1v) is 6.28. The van der Waals surface area contributed by atoms with Crippen LogP contribution in [0.1, 0.15) is 11.1 Å². The summed E-state index contributed by atoms with van der Waals surface area (Å²) in [5.41, 5.74) is 7.08. The Hall–Kier alpha value is -2.08. The highest BCUT2D eigenvalue weighted by molar-refractivity contribution is 9.10. The second kappa shape index (κ2) is 6.19. The van der Waals surface area contributed by atoms with Gasteiger partial charge < -0.3 is 15.7 Å². The van der Waals surface area contributed by atoms with E-state index in [1.165, 1.54) is 0 Å². The maximum atomic E-state index is 8.56. The number of pyridine rings is 1. The van der Waals surface area contributed by atoms with Gasteiger partial charge in [-0.05, 0) is 46.3 Å². The summed E-state index contributed by atoms with van der Waals surface area (Å²) in [4.78, 5) is 4.06. The number of benzene rings is 1. The van der Waals surface area contributed by atoms with Crippen molar-refractivity contribution < 1.29 is 9.94 Å². The van der Waals surface area contributed by atoms with Crippen LogP contribution in [-0.2, 0) is 6.61 Å². The quantitative estimate of drug-likeness (QED) is 0.392. The molecule has 0 spiro atoms. The van der Waals surface area contributed by atoms with E-state index in [2.05, 4.69) is 26.1 Å². The second-order valence-corrected chi connectivity index (χ2v) is 4.73. The lowest BCUT2D eigenvalue weighted by Gasteiger charge is -2.07. The normalized spacial score (nSPS) is 11.3. The van der Waals surface area contributed by atoms with Gasteiger partial charge in [0, 0.05) is 28.0 Å². The molecule has 0 saturated carbocycles. The molecule has 0 saturated heterocycles. The van der Waals surface area contributed by atoms with Crippen LogP contribution in [-0.4, -0.2) is 16.0 Å². The number of oxime groups is 1. The number of nitrogens with two attached hydrogens (primary N) is 1. The molecule has 1 heterocycles. The Labute approximate surface area is 118 Å². The fraction of sp³-hybridized carbons (Fsp3) is 0.0769. The molecule has 2 rings (SSSR count). The molecule has 2 aromatic rings. The van der Waals surface area contributed by atoms with Crippen LogP contribution in [0.2, 0.25) is 0 Å². The Balaban J connectivity index is 2.00. The van der Waals surface area contributed by atoms with Gasteiger partial charge in [-0.25, -0.2) is 0 Å². The molecule has 0 atom stereocenters. The lowest BCUT2D eigenvalue weighted by molar-refractivity contribution is 0.305. The van der Waals surface area contributed by atoms with E-state index in [1.54, 1.807) is 36.7 Å². The lowest BCUT2D eigenvalue weighted by atomic mass is 10.2. The molecule has 1 aromatic heterocycles. The van der Waals surface area contributed by atoms with Crippen molar-refractivity contribution in [3.8, 4) is 5.75 Å². The van der Waals surface area contributed by atoms with Crippen LogP contribution in [0.4, 0.5) is 0 Å². The Morgan fingerprint density at radius 3 is 2.68 bits per heavy atom. The first-order chi connectivity index (χ1) is 9.19. The molecule has 3 N–H and O–H groups in total. The van der Waals surface area contributed by atoms with Gasteiger partial charge in [0.25, 0.3) is 0 Å². The van der Waals surface area contributed by atoms with E-state index in [9.17, 15) is 0 Å². The van der Waals surface area contributed by atoms with Gasteiger partial charge in [0.15, 0.2) is 5.84 Å². The molecule has 1 aromatic carbocycles. The highest BCUT2D eigenvalue weighted by Crippen LogP contribution is 2.15. The van der Waals surface area contributed by atoms with Crippen LogP contribution in [0.5, 0.6) is 5.75 Å². The molecule has 0 bridgehead atoms. The molecule has 98 valence electrons. The average molecular weight is 322 g/mol. The molecule has 0 aliphatic rings. The summed E-state index contributed by atoms with van der Waals surface area (Å²) in [6.45, 7) is 0.426. The van der Waals surface area contributed by atoms with Crippen molar-refractivity contribution >= 4 is 21.8 Å². The third-order valence-corrected chi connectivity index (χ3v) is 2.86. The Bertz CT molecular complexity index is 585. The minimum atomic E-state index is 0.0720. The van der Waals surface area contributed by atoms with Crippen LogP contribution in [0.3, 0.4) is 0 Å². The number of rotatable bonds is 4. The van der Waals surface area contributed by atoms with E-state index in [0.717, 1.165) is 10.0 Å². The Morgan fingerprint density at radius 2 is 2.05 bits per heavy atom. The van der Waals surface area contributed by atoms with Gasteiger partial charge in [-0.2, -0.15) is 0 Å². The van der Waals surface area contributed by atoms with Crippen LogP contribution >= 0.6 is 15.9 Å². The number of hydrogen-bond donors (Lipinski definition) is 2. The molecular formula is C13H12BrN3O2. The number of halogens is 1. The zero-order chi connectivity index (χ0) is 13.7. The van der Waals surface area contributed by atoms with Gasteiger partial charge in [0.1, 0.15) is 12.4 Å². The lowest BCUT2D eigenvalue weighted by Crippen LogP contribution is -2.12. The van der Waals surface area contributed by atoms with Crippen LogP contribution in [0, 0.1) is 0 Å². The number of ether oxygens (including phenoxy) is 1. The monoisotopic (exact) mass is 321 g/mol. The van der Waals surface area contributed by atoms with Crippen LogP contribution in [0.25, 0.3) is 0 Å². The Morgan fingerprint density at radius 1 is 1.32 bits per heavy atom. The third kappa shape index (κ3) is 3.69. The maximum Gasteiger partial charge on any atom is 0.170 e. The third-order valence-electron chi connectivity index (χ3n) is 2.42. The largest absolute Gasteiger partial charge is 0.489 e. The van der Waals surface area contributed by atoms with Gasteiger partial charge in [-0.1, -0.05) is 5.16 Å². The zero-order valence-corrected chi connectivity index (χ0v) is 11.5. The van der Waals surface area contributed by atoms with Crippen molar-refractivity contribution in [2.24, 2.45) is 10.9 Å². The molecule has 0 aliphatic heterocycles. The summed E-state index contributed by atoms with van der Waals surface area (Å²) in [6.07, 6.45) is 3.46. The predicted octanol–water partition coefficient (Wildman–Crippen LogP) is 2.52. The smallest absolute Gasteiger partial charge is 0.170 e. The number of amidine groups is 1. The second-order valence-electron chi connectivity index (χ2n) is 3.81. The highest BCUT2D eigenvalue weighted by atomic mass is 79.9. The summed E-state index contributed by atoms with van der Waals surface area (Å²) in [7, 11) is 0. The molecule has 19 heavy (non-hydrogen) atoms. The van der Waals surface area contributed by atoms with Crippen molar-refractivity contribution in [3.63, 3.8) is 0 Å². The van der Waals surface area contributed by atoms with E-state index in [1.807, 2.05) is 6.07 Å². The van der Waals surface area contributed by atoms with Gasteiger partial charge in [-0.15, -0.1) is 0 Å². The van der Waals surface area contributed by atoms with E-state index >= 15 is 0 Å². The van der Waals surface area contributed by atoms with E-state index < -0.39 is 0 Å². The number of nitrogens with zero attached hydrogens (tertiary/aromatic N) is 2. The topological polar surface area (TPSA) is 80.7 Å². The predicted molar refractivity (Wildman–Crippen MR) is 75.2 cm³/mol. The first-order valence-electron chi connectivity index (χ1n) is 5.49. The molecular weight excluding hydrogens is 310 g/mol. The summed E-state index contributed by atoms with van der Waals surface area (Å²) in [5, 5.41) is 11.5. The fourth-order valence-corrected chi connectivity index (χ4v) is 1.89. The zero-order valence-electron chi connectivity index (χ0n) is 9.95. The van der Waals surface area contributed by atoms with E-state index in [0.29, 0.717) is 17.9 Å². The standard InChI is InChI=1S/C13H12BrN3O2/c14-11-5-9(6-16-7-11)8-19-12-3-1-10(2-4-12)13(15)17-18/h1-7,18H,8H2,(H2,15,17). The molecule has 0 fully saturated rings. The summed E-state index contributed by atoms with van der Waals surface area (Å²) in [5.74, 6) is 0.775. The molecule has 0 radical (unpaired) electrons. The fourth-order valence-electron chi connectivity index (χ4n) is 1.48. The van der Waals surface area contributed by atoms with Crippen LogP contribution in [0.15, 0.2) is 52.4 Å². The van der Waals surface area contributed by atoms with Crippen molar-refractivity contribution in [1.82, 2.24) is 4.98 Å². The van der Waals surface area contributed by atoms with Gasteiger partial charge in [0.05, 0.1) is 0 Å². The molecule has 0 aliphatic carbocycles. The SMILES string of the molecule is N/C(=N/O)c1ccc(OCc2cncc(Br)c2)cc1. The van der Waals surface area contributed by atoms with Crippen LogP contribution < -0.4 is 10.5 Å². The summed E-state index contributed by atoms with van der Waals surface area (Å²) < 4.78 is 6.52. The van der Waals surface area contributed by atoms with Gasteiger partial charge in [0.2, 0.25) is 0 Å². The van der Waals surface area contributed by atoms with Crippen molar-refractivity contribution in [2.75, 3.05) is 0 Å². The van der Waals surface area contributed by atoms with E-state index in [-0.39, 0.29) is 5.84 Å².